The predicted octanol–water partition coefficient (Wildman–Crippen LogP) is -0.881. The van der Waals surface area contributed by atoms with Crippen molar-refractivity contribution in [2.24, 2.45) is 5.84 Å². The van der Waals surface area contributed by atoms with Gasteiger partial charge in [0.1, 0.15) is 0 Å². The minimum atomic E-state index is -0.319. The quantitative estimate of drug-likeness (QED) is 0.407. The molecular weight excluding hydrogens is 236 g/mol. The van der Waals surface area contributed by atoms with E-state index in [4.69, 9.17) is 5.84 Å². The van der Waals surface area contributed by atoms with Crippen molar-refractivity contribution in [3.05, 3.63) is 29.3 Å². The molecule has 2 aromatic rings. The molecule has 0 bridgehead atoms. The van der Waals surface area contributed by atoms with E-state index in [9.17, 15) is 4.79 Å². The molecule has 0 saturated carbocycles. The number of carbonyl (C=O) groups is 1. The monoisotopic (exact) mass is 248 g/mol. The van der Waals surface area contributed by atoms with Crippen molar-refractivity contribution in [1.82, 2.24) is 30.9 Å². The number of hydrazine groups is 1. The SMILES string of the molecule is Cc1cc(NN)c(C(=O)NCc2nn[nH]n2)cn1. The molecular formula is C9H12N8O. The summed E-state index contributed by atoms with van der Waals surface area (Å²) in [5.41, 5.74) is 4.08. The summed E-state index contributed by atoms with van der Waals surface area (Å²) in [6.07, 6.45) is 1.45. The van der Waals surface area contributed by atoms with Crippen molar-refractivity contribution in [2.75, 3.05) is 5.43 Å². The third-order valence-electron chi connectivity index (χ3n) is 2.24. The first-order valence-corrected chi connectivity index (χ1v) is 5.14. The van der Waals surface area contributed by atoms with Gasteiger partial charge in [-0.3, -0.25) is 15.6 Å². The van der Waals surface area contributed by atoms with Crippen molar-refractivity contribution >= 4 is 11.6 Å². The lowest BCUT2D eigenvalue weighted by Gasteiger charge is -2.08. The van der Waals surface area contributed by atoms with Crippen molar-refractivity contribution in [3.8, 4) is 0 Å². The van der Waals surface area contributed by atoms with Gasteiger partial charge in [0, 0.05) is 11.9 Å². The first kappa shape index (κ1) is 11.9. The largest absolute Gasteiger partial charge is 0.344 e. The number of aromatic nitrogens is 5. The number of hydrogen-bond acceptors (Lipinski definition) is 7. The highest BCUT2D eigenvalue weighted by atomic mass is 16.1. The summed E-state index contributed by atoms with van der Waals surface area (Å²) < 4.78 is 0. The van der Waals surface area contributed by atoms with Crippen molar-refractivity contribution in [2.45, 2.75) is 13.5 Å². The first-order valence-electron chi connectivity index (χ1n) is 5.14. The van der Waals surface area contributed by atoms with Crippen molar-refractivity contribution < 1.29 is 4.79 Å². The molecule has 0 saturated heterocycles. The van der Waals surface area contributed by atoms with E-state index in [-0.39, 0.29) is 12.5 Å². The van der Waals surface area contributed by atoms with E-state index in [1.807, 2.05) is 6.92 Å². The number of nitrogen functional groups attached to an aromatic ring is 1. The number of H-pyrrole nitrogens is 1. The maximum Gasteiger partial charge on any atom is 0.255 e. The standard InChI is InChI=1S/C9H12N8O/c1-5-2-7(13-10)6(3-11-5)9(18)12-4-8-14-16-17-15-8/h2-3H,4,10H2,1H3,(H,11,13)(H,12,18)(H,14,15,16,17). The minimum absolute atomic E-state index is 0.174. The molecule has 0 unspecified atom stereocenters. The number of aromatic amines is 1. The van der Waals surface area contributed by atoms with Gasteiger partial charge in [-0.05, 0) is 13.0 Å². The summed E-state index contributed by atoms with van der Waals surface area (Å²) in [7, 11) is 0. The minimum Gasteiger partial charge on any atom is -0.344 e. The first-order chi connectivity index (χ1) is 8.70. The molecule has 1 amide bonds. The van der Waals surface area contributed by atoms with Crippen LogP contribution in [0.15, 0.2) is 12.3 Å². The summed E-state index contributed by atoms with van der Waals surface area (Å²) in [6.45, 7) is 1.98. The van der Waals surface area contributed by atoms with Crippen LogP contribution in [-0.4, -0.2) is 31.5 Å². The van der Waals surface area contributed by atoms with E-state index < -0.39 is 0 Å². The molecule has 0 atom stereocenters. The van der Waals surface area contributed by atoms with Crippen molar-refractivity contribution in [1.29, 1.82) is 0 Å². The molecule has 94 valence electrons. The van der Waals surface area contributed by atoms with Crippen molar-refractivity contribution in [3.63, 3.8) is 0 Å². The molecule has 2 rings (SSSR count). The second-order valence-corrected chi connectivity index (χ2v) is 3.53. The van der Waals surface area contributed by atoms with Gasteiger partial charge in [0.05, 0.1) is 17.8 Å². The van der Waals surface area contributed by atoms with Gasteiger partial charge in [-0.2, -0.15) is 5.21 Å². The number of anilines is 1. The average molecular weight is 248 g/mol. The Morgan fingerprint density at radius 1 is 1.56 bits per heavy atom. The fraction of sp³-hybridized carbons (Fsp3) is 0.222. The normalized spacial score (nSPS) is 10.1. The molecule has 18 heavy (non-hydrogen) atoms. The van der Waals surface area contributed by atoms with Gasteiger partial charge >= 0.3 is 0 Å². The van der Waals surface area contributed by atoms with Crippen LogP contribution in [0.4, 0.5) is 5.69 Å². The highest BCUT2D eigenvalue weighted by molar-refractivity contribution is 5.99. The number of nitrogens with one attached hydrogen (secondary N) is 3. The van der Waals surface area contributed by atoms with Gasteiger partial charge in [0.2, 0.25) is 0 Å². The van der Waals surface area contributed by atoms with Crippen LogP contribution in [0.5, 0.6) is 0 Å². The zero-order valence-corrected chi connectivity index (χ0v) is 9.64. The molecule has 0 aromatic carbocycles. The number of tetrazole rings is 1. The van der Waals surface area contributed by atoms with E-state index in [0.29, 0.717) is 17.1 Å². The Morgan fingerprint density at radius 2 is 2.39 bits per heavy atom. The number of hydrogen-bond donors (Lipinski definition) is 4. The number of rotatable bonds is 4. The molecule has 0 aliphatic heterocycles. The Hall–Kier alpha value is -2.55. The van der Waals surface area contributed by atoms with Crippen LogP contribution < -0.4 is 16.6 Å². The number of nitrogens with two attached hydrogens (primary N) is 1. The zero-order chi connectivity index (χ0) is 13.0. The van der Waals surface area contributed by atoms with Crippen LogP contribution in [0.2, 0.25) is 0 Å². The van der Waals surface area contributed by atoms with Gasteiger partial charge in [0.15, 0.2) is 5.82 Å². The van der Waals surface area contributed by atoms with E-state index in [1.54, 1.807) is 6.07 Å². The number of carbonyl (C=O) groups excluding carboxylic acids is 1. The Morgan fingerprint density at radius 3 is 3.06 bits per heavy atom. The van der Waals surface area contributed by atoms with Crippen LogP contribution in [0, 0.1) is 6.92 Å². The number of amides is 1. The summed E-state index contributed by atoms with van der Waals surface area (Å²) in [4.78, 5) is 15.9. The van der Waals surface area contributed by atoms with E-state index >= 15 is 0 Å². The van der Waals surface area contributed by atoms with E-state index in [1.165, 1.54) is 6.20 Å². The molecule has 0 spiro atoms. The van der Waals surface area contributed by atoms with Gasteiger partial charge in [-0.25, -0.2) is 0 Å². The molecule has 0 aliphatic rings. The Balaban J connectivity index is 2.09. The summed E-state index contributed by atoms with van der Waals surface area (Å²) in [5, 5.41) is 15.8. The number of nitrogens with zero attached hydrogens (tertiary/aromatic N) is 4. The Labute approximate surface area is 102 Å². The third kappa shape index (κ3) is 2.58. The summed E-state index contributed by atoms with van der Waals surface area (Å²) in [6, 6.07) is 1.68. The highest BCUT2D eigenvalue weighted by Gasteiger charge is 2.12. The van der Waals surface area contributed by atoms with Crippen LogP contribution in [-0.2, 0) is 6.54 Å². The fourth-order valence-corrected chi connectivity index (χ4v) is 1.37. The average Bonchev–Trinajstić information content (AvgIpc) is 2.88. The second-order valence-electron chi connectivity index (χ2n) is 3.53. The molecule has 0 radical (unpaired) electrons. The second kappa shape index (κ2) is 5.19. The number of aryl methyl sites for hydroxylation is 1. The lowest BCUT2D eigenvalue weighted by Crippen LogP contribution is -2.25. The van der Waals surface area contributed by atoms with Crippen LogP contribution in [0.3, 0.4) is 0 Å². The smallest absolute Gasteiger partial charge is 0.255 e. The molecule has 5 N–H and O–H groups in total. The van der Waals surface area contributed by atoms with Crippen LogP contribution in [0.1, 0.15) is 21.9 Å². The molecule has 9 heteroatoms. The predicted molar refractivity (Wildman–Crippen MR) is 62.1 cm³/mol. The summed E-state index contributed by atoms with van der Waals surface area (Å²) >= 11 is 0. The van der Waals surface area contributed by atoms with E-state index in [2.05, 4.69) is 36.4 Å². The van der Waals surface area contributed by atoms with Gasteiger partial charge in [0.25, 0.3) is 5.91 Å². The molecule has 2 heterocycles. The number of pyridine rings is 1. The van der Waals surface area contributed by atoms with Crippen LogP contribution in [0.25, 0.3) is 0 Å². The van der Waals surface area contributed by atoms with Gasteiger partial charge < -0.3 is 10.7 Å². The molecule has 0 fully saturated rings. The third-order valence-corrected chi connectivity index (χ3v) is 2.24. The highest BCUT2D eigenvalue weighted by Crippen LogP contribution is 2.14. The maximum atomic E-state index is 11.9. The summed E-state index contributed by atoms with van der Waals surface area (Å²) in [5.74, 6) is 5.43. The Bertz CT molecular complexity index is 538. The van der Waals surface area contributed by atoms with E-state index in [0.717, 1.165) is 5.69 Å². The van der Waals surface area contributed by atoms with Gasteiger partial charge in [-0.1, -0.05) is 5.21 Å². The lowest BCUT2D eigenvalue weighted by atomic mass is 10.2. The van der Waals surface area contributed by atoms with Gasteiger partial charge in [-0.15, -0.1) is 10.2 Å². The molecule has 0 aliphatic carbocycles. The topological polar surface area (TPSA) is 134 Å². The lowest BCUT2D eigenvalue weighted by molar-refractivity contribution is 0.0950. The maximum absolute atomic E-state index is 11.9. The molecule has 2 aromatic heterocycles. The van der Waals surface area contributed by atoms with Crippen LogP contribution >= 0.6 is 0 Å². The Kier molecular flexibility index (Phi) is 3.44. The molecule has 9 nitrogen and oxygen atoms in total. The fourth-order valence-electron chi connectivity index (χ4n) is 1.37. The zero-order valence-electron chi connectivity index (χ0n) is 9.64.